The number of nitro benzene ring substituents is 1. The molecule has 168 valence electrons. The Morgan fingerprint density at radius 2 is 1.69 bits per heavy atom. The molecule has 0 aliphatic rings. The molecular formula is C23H24N2O6S. The molecule has 0 saturated carbocycles. The smallest absolute Gasteiger partial charge is 0.273 e. The van der Waals surface area contributed by atoms with Crippen LogP contribution in [-0.2, 0) is 23.2 Å². The molecule has 0 N–H and O–H groups in total. The first-order valence-corrected chi connectivity index (χ1v) is 11.2. The van der Waals surface area contributed by atoms with Gasteiger partial charge in [0.25, 0.3) is 5.69 Å². The van der Waals surface area contributed by atoms with Crippen LogP contribution in [-0.4, -0.2) is 31.8 Å². The fourth-order valence-electron chi connectivity index (χ4n) is 3.13. The van der Waals surface area contributed by atoms with Crippen LogP contribution >= 0.6 is 0 Å². The Hall–Kier alpha value is -3.43. The number of ether oxygens (including phenoxy) is 2. The number of methoxy groups -OCH3 is 1. The molecule has 3 aromatic rings. The molecule has 0 aliphatic heterocycles. The molecule has 0 radical (unpaired) electrons. The van der Waals surface area contributed by atoms with E-state index in [2.05, 4.69) is 0 Å². The molecule has 0 amide bonds. The highest BCUT2D eigenvalue weighted by molar-refractivity contribution is 7.89. The SMILES string of the molecule is COc1cc(CN(C)S(=O)(=O)c2ccc(C)c([N+](=O)[O-])c2)ccc1OCc1ccccc1. The van der Waals surface area contributed by atoms with Crippen molar-refractivity contribution in [3.63, 3.8) is 0 Å². The summed E-state index contributed by atoms with van der Waals surface area (Å²) in [4.78, 5) is 10.5. The summed E-state index contributed by atoms with van der Waals surface area (Å²) in [6, 6.07) is 18.8. The number of rotatable bonds is 9. The minimum absolute atomic E-state index is 0.0549. The van der Waals surface area contributed by atoms with Crippen molar-refractivity contribution in [3.05, 3.63) is 93.5 Å². The molecule has 0 fully saturated rings. The van der Waals surface area contributed by atoms with Crippen molar-refractivity contribution >= 4 is 15.7 Å². The molecule has 0 atom stereocenters. The fraction of sp³-hybridized carbons (Fsp3) is 0.217. The first kappa shape index (κ1) is 23.2. The van der Waals surface area contributed by atoms with Crippen molar-refractivity contribution in [2.75, 3.05) is 14.2 Å². The second kappa shape index (κ2) is 9.80. The van der Waals surface area contributed by atoms with E-state index in [1.165, 1.54) is 26.3 Å². The van der Waals surface area contributed by atoms with E-state index in [0.29, 0.717) is 29.2 Å². The van der Waals surface area contributed by atoms with E-state index >= 15 is 0 Å². The van der Waals surface area contributed by atoms with Crippen LogP contribution in [0.2, 0.25) is 0 Å². The highest BCUT2D eigenvalue weighted by Crippen LogP contribution is 2.30. The molecule has 0 aromatic heterocycles. The van der Waals surface area contributed by atoms with E-state index in [9.17, 15) is 18.5 Å². The van der Waals surface area contributed by atoms with Crippen LogP contribution in [0.1, 0.15) is 16.7 Å². The molecule has 0 unspecified atom stereocenters. The average molecular weight is 457 g/mol. The number of aryl methyl sites for hydroxylation is 1. The number of sulfonamides is 1. The third-order valence-electron chi connectivity index (χ3n) is 4.96. The molecule has 0 spiro atoms. The van der Waals surface area contributed by atoms with E-state index < -0.39 is 14.9 Å². The lowest BCUT2D eigenvalue weighted by Crippen LogP contribution is -2.26. The zero-order valence-corrected chi connectivity index (χ0v) is 18.8. The molecule has 0 aliphatic carbocycles. The van der Waals surface area contributed by atoms with Crippen LogP contribution < -0.4 is 9.47 Å². The lowest BCUT2D eigenvalue weighted by atomic mass is 10.2. The van der Waals surface area contributed by atoms with Crippen molar-refractivity contribution in [1.82, 2.24) is 4.31 Å². The van der Waals surface area contributed by atoms with Gasteiger partial charge in [-0.05, 0) is 36.2 Å². The predicted molar refractivity (Wildman–Crippen MR) is 120 cm³/mol. The van der Waals surface area contributed by atoms with E-state index in [1.54, 1.807) is 25.1 Å². The van der Waals surface area contributed by atoms with Gasteiger partial charge >= 0.3 is 0 Å². The zero-order valence-electron chi connectivity index (χ0n) is 18.0. The van der Waals surface area contributed by atoms with Crippen LogP contribution in [0.3, 0.4) is 0 Å². The van der Waals surface area contributed by atoms with Gasteiger partial charge in [-0.25, -0.2) is 8.42 Å². The Balaban J connectivity index is 1.77. The quantitative estimate of drug-likeness (QED) is 0.351. The van der Waals surface area contributed by atoms with Crippen molar-refractivity contribution in [1.29, 1.82) is 0 Å². The summed E-state index contributed by atoms with van der Waals surface area (Å²) < 4.78 is 38.3. The third kappa shape index (κ3) is 5.24. The maximum atomic E-state index is 13.0. The van der Waals surface area contributed by atoms with E-state index in [-0.39, 0.29) is 17.1 Å². The van der Waals surface area contributed by atoms with Crippen LogP contribution in [0.25, 0.3) is 0 Å². The molecule has 0 heterocycles. The molecule has 32 heavy (non-hydrogen) atoms. The maximum Gasteiger partial charge on any atom is 0.273 e. The van der Waals surface area contributed by atoms with Gasteiger partial charge in [0, 0.05) is 25.2 Å². The second-order valence-corrected chi connectivity index (χ2v) is 9.27. The van der Waals surface area contributed by atoms with Gasteiger partial charge in [0.05, 0.1) is 16.9 Å². The number of nitrogens with zero attached hydrogens (tertiary/aromatic N) is 2. The topological polar surface area (TPSA) is 99.0 Å². The Morgan fingerprint density at radius 1 is 0.969 bits per heavy atom. The zero-order chi connectivity index (χ0) is 23.3. The highest BCUT2D eigenvalue weighted by atomic mass is 32.2. The molecule has 3 aromatic carbocycles. The van der Waals surface area contributed by atoms with Gasteiger partial charge < -0.3 is 9.47 Å². The van der Waals surface area contributed by atoms with Gasteiger partial charge in [-0.1, -0.05) is 42.5 Å². The molecule has 9 heteroatoms. The second-order valence-electron chi connectivity index (χ2n) is 7.23. The van der Waals surface area contributed by atoms with Crippen molar-refractivity contribution < 1.29 is 22.8 Å². The Labute approximate surface area is 187 Å². The van der Waals surface area contributed by atoms with Crippen molar-refractivity contribution in [3.8, 4) is 11.5 Å². The van der Waals surface area contributed by atoms with Gasteiger partial charge in [-0.3, -0.25) is 10.1 Å². The number of hydrogen-bond donors (Lipinski definition) is 0. The normalized spacial score (nSPS) is 11.4. The van der Waals surface area contributed by atoms with Crippen molar-refractivity contribution in [2.45, 2.75) is 25.0 Å². The molecular weight excluding hydrogens is 432 g/mol. The lowest BCUT2D eigenvalue weighted by molar-refractivity contribution is -0.385. The summed E-state index contributed by atoms with van der Waals surface area (Å²) in [5, 5.41) is 11.2. The van der Waals surface area contributed by atoms with E-state index in [4.69, 9.17) is 9.47 Å². The first-order chi connectivity index (χ1) is 15.2. The standard InChI is InChI=1S/C23H24N2O6S/c1-17-9-11-20(14-21(17)25(26)27)32(28,29)24(2)15-19-10-12-22(23(13-19)30-3)31-16-18-7-5-4-6-8-18/h4-14H,15-16H2,1-3H3. The number of benzene rings is 3. The van der Waals surface area contributed by atoms with Gasteiger partial charge in [0.1, 0.15) is 6.61 Å². The minimum Gasteiger partial charge on any atom is -0.493 e. The van der Waals surface area contributed by atoms with Crippen LogP contribution in [0, 0.1) is 17.0 Å². The first-order valence-electron chi connectivity index (χ1n) is 9.77. The van der Waals surface area contributed by atoms with Gasteiger partial charge in [-0.15, -0.1) is 0 Å². The molecule has 0 saturated heterocycles. The molecule has 0 bridgehead atoms. The third-order valence-corrected chi connectivity index (χ3v) is 6.76. The Morgan fingerprint density at radius 3 is 2.34 bits per heavy atom. The average Bonchev–Trinajstić information content (AvgIpc) is 2.78. The predicted octanol–water partition coefficient (Wildman–Crippen LogP) is 4.31. The largest absolute Gasteiger partial charge is 0.493 e. The summed E-state index contributed by atoms with van der Waals surface area (Å²) in [6.45, 7) is 1.99. The van der Waals surface area contributed by atoms with Gasteiger partial charge in [0.15, 0.2) is 11.5 Å². The summed E-state index contributed by atoms with van der Waals surface area (Å²) in [5.41, 5.74) is 1.85. The summed E-state index contributed by atoms with van der Waals surface area (Å²) >= 11 is 0. The fourth-order valence-corrected chi connectivity index (χ4v) is 4.31. The Kier molecular flexibility index (Phi) is 7.12. The Bertz CT molecular complexity index is 1210. The minimum atomic E-state index is -3.93. The van der Waals surface area contributed by atoms with Gasteiger partial charge in [0.2, 0.25) is 10.0 Å². The number of nitro groups is 1. The highest BCUT2D eigenvalue weighted by Gasteiger charge is 2.24. The monoisotopic (exact) mass is 456 g/mol. The van der Waals surface area contributed by atoms with Crippen LogP contribution in [0.4, 0.5) is 5.69 Å². The van der Waals surface area contributed by atoms with Gasteiger partial charge in [-0.2, -0.15) is 4.31 Å². The van der Waals surface area contributed by atoms with Crippen molar-refractivity contribution in [2.24, 2.45) is 0 Å². The molecule has 3 rings (SSSR count). The van der Waals surface area contributed by atoms with Crippen LogP contribution in [0.5, 0.6) is 11.5 Å². The van der Waals surface area contributed by atoms with Crippen LogP contribution in [0.15, 0.2) is 71.6 Å². The lowest BCUT2D eigenvalue weighted by Gasteiger charge is -2.18. The summed E-state index contributed by atoms with van der Waals surface area (Å²) in [5.74, 6) is 1.02. The molecule has 8 nitrogen and oxygen atoms in total. The summed E-state index contributed by atoms with van der Waals surface area (Å²) in [7, 11) is -0.991. The summed E-state index contributed by atoms with van der Waals surface area (Å²) in [6.07, 6.45) is 0. The van der Waals surface area contributed by atoms with E-state index in [1.807, 2.05) is 30.3 Å². The van der Waals surface area contributed by atoms with E-state index in [0.717, 1.165) is 15.9 Å². The maximum absolute atomic E-state index is 13.0. The number of hydrogen-bond acceptors (Lipinski definition) is 6.